The topological polar surface area (TPSA) is 89.5 Å². The zero-order chi connectivity index (χ0) is 19.4. The second-order valence-corrected chi connectivity index (χ2v) is 6.99. The quantitative estimate of drug-likeness (QED) is 0.485. The lowest BCUT2D eigenvalue weighted by Gasteiger charge is -2.26. The molecule has 0 atom stereocenters. The first-order chi connectivity index (χ1) is 13.0. The summed E-state index contributed by atoms with van der Waals surface area (Å²) < 4.78 is 2.38. The number of benzene rings is 1. The van der Waals surface area contributed by atoms with Gasteiger partial charge in [0.25, 0.3) is 11.6 Å². The highest BCUT2D eigenvalue weighted by molar-refractivity contribution is 5.95. The number of hydrazone groups is 1. The largest absolute Gasteiger partial charge is 0.345 e. The van der Waals surface area contributed by atoms with Crippen molar-refractivity contribution in [3.8, 4) is 0 Å². The van der Waals surface area contributed by atoms with Crippen molar-refractivity contribution in [3.63, 3.8) is 0 Å². The molecule has 0 aliphatic heterocycles. The van der Waals surface area contributed by atoms with Gasteiger partial charge in [0.15, 0.2) is 0 Å². The molecule has 1 N–H and O–H groups in total. The van der Waals surface area contributed by atoms with Gasteiger partial charge in [-0.15, -0.1) is 0 Å². The van der Waals surface area contributed by atoms with Gasteiger partial charge in [-0.2, -0.15) is 5.10 Å². The second kappa shape index (κ2) is 8.16. The smallest absolute Gasteiger partial charge is 0.271 e. The highest BCUT2D eigenvalue weighted by Crippen LogP contribution is 2.31. The van der Waals surface area contributed by atoms with Crippen molar-refractivity contribution in [2.75, 3.05) is 0 Å². The normalized spacial score (nSPS) is 15.2. The van der Waals surface area contributed by atoms with Crippen LogP contribution in [0.2, 0.25) is 0 Å². The minimum Gasteiger partial charge on any atom is -0.345 e. The van der Waals surface area contributed by atoms with E-state index in [1.165, 1.54) is 62.1 Å². The molecule has 0 saturated heterocycles. The molecule has 0 radical (unpaired) electrons. The molecule has 1 heterocycles. The molecule has 0 bridgehead atoms. The maximum atomic E-state index is 12.2. The maximum Gasteiger partial charge on any atom is 0.271 e. The number of nitro benzene ring substituents is 1. The van der Waals surface area contributed by atoms with Crippen molar-refractivity contribution in [2.45, 2.75) is 52.0 Å². The van der Waals surface area contributed by atoms with Gasteiger partial charge in [0.2, 0.25) is 0 Å². The number of aromatic nitrogens is 1. The number of aryl methyl sites for hydroxylation is 1. The lowest BCUT2D eigenvalue weighted by Crippen LogP contribution is -2.18. The number of carbonyl (C=O) groups excluding carboxylic acids is 1. The van der Waals surface area contributed by atoms with E-state index in [1.54, 1.807) is 6.21 Å². The van der Waals surface area contributed by atoms with E-state index in [2.05, 4.69) is 35.0 Å². The van der Waals surface area contributed by atoms with Crippen LogP contribution in [0.3, 0.4) is 0 Å². The highest BCUT2D eigenvalue weighted by Gasteiger charge is 2.19. The minimum atomic E-state index is -0.528. The van der Waals surface area contributed by atoms with Gasteiger partial charge >= 0.3 is 0 Å². The Balaban J connectivity index is 1.70. The number of hydrogen-bond donors (Lipinski definition) is 1. The fourth-order valence-electron chi connectivity index (χ4n) is 3.82. The van der Waals surface area contributed by atoms with Crippen molar-refractivity contribution >= 4 is 17.8 Å². The summed E-state index contributed by atoms with van der Waals surface area (Å²) in [6.45, 7) is 4.17. The van der Waals surface area contributed by atoms with E-state index in [0.29, 0.717) is 6.04 Å². The highest BCUT2D eigenvalue weighted by atomic mass is 16.6. The lowest BCUT2D eigenvalue weighted by molar-refractivity contribution is -0.384. The van der Waals surface area contributed by atoms with Crippen LogP contribution in [0.25, 0.3) is 0 Å². The Morgan fingerprint density at radius 1 is 1.26 bits per heavy atom. The Bertz CT molecular complexity index is 879. The van der Waals surface area contributed by atoms with Crippen LogP contribution in [0.15, 0.2) is 35.4 Å². The van der Waals surface area contributed by atoms with Gasteiger partial charge < -0.3 is 4.57 Å². The van der Waals surface area contributed by atoms with E-state index < -0.39 is 10.8 Å². The van der Waals surface area contributed by atoms with E-state index in [4.69, 9.17) is 0 Å². The first-order valence-corrected chi connectivity index (χ1v) is 9.23. The molecule has 1 amide bonds. The van der Waals surface area contributed by atoms with E-state index in [-0.39, 0.29) is 11.3 Å². The van der Waals surface area contributed by atoms with Crippen LogP contribution in [0, 0.1) is 24.0 Å². The predicted octanol–water partition coefficient (Wildman–Crippen LogP) is 4.28. The molecule has 1 fully saturated rings. The lowest BCUT2D eigenvalue weighted by atomic mass is 9.95. The second-order valence-electron chi connectivity index (χ2n) is 6.99. The number of nitrogens with one attached hydrogen (secondary N) is 1. The summed E-state index contributed by atoms with van der Waals surface area (Å²) in [5.74, 6) is -0.476. The summed E-state index contributed by atoms with van der Waals surface area (Å²) in [4.78, 5) is 22.5. The summed E-state index contributed by atoms with van der Waals surface area (Å²) in [6.07, 6.45) is 7.90. The van der Waals surface area contributed by atoms with Gasteiger partial charge in [-0.05, 0) is 38.8 Å². The maximum absolute atomic E-state index is 12.2. The summed E-state index contributed by atoms with van der Waals surface area (Å²) in [6, 6.07) is 8.20. The number of nitro groups is 1. The van der Waals surface area contributed by atoms with Crippen molar-refractivity contribution in [1.82, 2.24) is 9.99 Å². The third-order valence-corrected chi connectivity index (χ3v) is 5.15. The summed E-state index contributed by atoms with van der Waals surface area (Å²) in [5.41, 5.74) is 5.84. The monoisotopic (exact) mass is 368 g/mol. The molecule has 1 saturated carbocycles. The van der Waals surface area contributed by atoms with Crippen molar-refractivity contribution in [3.05, 3.63) is 63.0 Å². The molecule has 1 aromatic carbocycles. The molecule has 1 aromatic heterocycles. The molecular formula is C20H24N4O3. The molecule has 1 aliphatic carbocycles. The Labute approximate surface area is 158 Å². The zero-order valence-corrected chi connectivity index (χ0v) is 15.6. The molecule has 7 heteroatoms. The molecule has 27 heavy (non-hydrogen) atoms. The number of amides is 1. The third-order valence-electron chi connectivity index (χ3n) is 5.15. The Kier molecular flexibility index (Phi) is 5.69. The number of nitrogens with zero attached hydrogens (tertiary/aromatic N) is 3. The van der Waals surface area contributed by atoms with Crippen LogP contribution in [0.4, 0.5) is 5.69 Å². The molecule has 7 nitrogen and oxygen atoms in total. The van der Waals surface area contributed by atoms with Gasteiger partial charge in [-0.3, -0.25) is 14.9 Å². The average Bonchev–Trinajstić information content (AvgIpc) is 2.96. The van der Waals surface area contributed by atoms with Gasteiger partial charge in [-0.25, -0.2) is 5.43 Å². The molecule has 142 valence electrons. The average molecular weight is 368 g/mol. The van der Waals surface area contributed by atoms with E-state index in [0.717, 1.165) is 11.3 Å². The number of hydrogen-bond acceptors (Lipinski definition) is 4. The van der Waals surface area contributed by atoms with E-state index in [9.17, 15) is 14.9 Å². The Hall–Kier alpha value is -2.96. The number of non-ortho nitro benzene ring substituents is 1. The van der Waals surface area contributed by atoms with Gasteiger partial charge in [0, 0.05) is 40.7 Å². The number of carbonyl (C=O) groups is 1. The van der Waals surface area contributed by atoms with Crippen LogP contribution >= 0.6 is 0 Å². The van der Waals surface area contributed by atoms with Gasteiger partial charge in [0.05, 0.1) is 11.1 Å². The fourth-order valence-corrected chi connectivity index (χ4v) is 3.82. The summed E-state index contributed by atoms with van der Waals surface area (Å²) in [5, 5.41) is 14.9. The van der Waals surface area contributed by atoms with Crippen molar-refractivity contribution < 1.29 is 9.72 Å². The van der Waals surface area contributed by atoms with Crippen molar-refractivity contribution in [1.29, 1.82) is 0 Å². The standard InChI is InChI=1S/C20H24N4O3/c1-14-11-17(15(2)23(14)18-8-4-3-5-9-18)13-21-22-20(25)16-7-6-10-19(12-16)24(26)27/h6-7,10-13,18H,3-5,8-9H2,1-2H3,(H,22,25)/b21-13+. The molecule has 0 unspecified atom stereocenters. The van der Waals surface area contributed by atoms with Crippen LogP contribution in [0.5, 0.6) is 0 Å². The van der Waals surface area contributed by atoms with Crippen LogP contribution in [0.1, 0.15) is 65.5 Å². The van der Waals surface area contributed by atoms with Crippen LogP contribution in [-0.4, -0.2) is 21.6 Å². The molecule has 2 aromatic rings. The summed E-state index contributed by atoms with van der Waals surface area (Å²) in [7, 11) is 0. The van der Waals surface area contributed by atoms with Crippen molar-refractivity contribution in [2.24, 2.45) is 5.10 Å². The van der Waals surface area contributed by atoms with Crippen LogP contribution < -0.4 is 5.43 Å². The Morgan fingerprint density at radius 2 is 2.00 bits per heavy atom. The predicted molar refractivity (Wildman–Crippen MR) is 104 cm³/mol. The SMILES string of the molecule is Cc1cc(/C=N/NC(=O)c2cccc([N+](=O)[O-])c2)c(C)n1C1CCCCC1. The molecule has 1 aliphatic rings. The molecule has 0 spiro atoms. The minimum absolute atomic E-state index is 0.123. The molecule has 3 rings (SSSR count). The van der Waals surface area contributed by atoms with Crippen LogP contribution in [-0.2, 0) is 0 Å². The first kappa shape index (κ1) is 18.8. The van der Waals surface area contributed by atoms with E-state index in [1.807, 2.05) is 0 Å². The zero-order valence-electron chi connectivity index (χ0n) is 15.6. The van der Waals surface area contributed by atoms with E-state index >= 15 is 0 Å². The summed E-state index contributed by atoms with van der Waals surface area (Å²) >= 11 is 0. The van der Waals surface area contributed by atoms with Gasteiger partial charge in [-0.1, -0.05) is 25.3 Å². The third kappa shape index (κ3) is 4.24. The molecular weight excluding hydrogens is 344 g/mol. The Morgan fingerprint density at radius 3 is 2.70 bits per heavy atom. The fraction of sp³-hybridized carbons (Fsp3) is 0.400. The first-order valence-electron chi connectivity index (χ1n) is 9.23. The number of rotatable bonds is 5. The van der Waals surface area contributed by atoms with Gasteiger partial charge in [0.1, 0.15) is 0 Å².